The Balaban J connectivity index is 1.20. The number of carboxylic acid groups (broad SMARTS) is 1. The van der Waals surface area contributed by atoms with Gasteiger partial charge in [0.2, 0.25) is 0 Å². The maximum Gasteiger partial charge on any atom is 0.306 e. The number of para-hydroxylation sites is 1. The third kappa shape index (κ3) is 5.15. The van der Waals surface area contributed by atoms with Gasteiger partial charge in [0.1, 0.15) is 11.7 Å². The van der Waals surface area contributed by atoms with Crippen LogP contribution in [0, 0.1) is 11.7 Å². The average Bonchev–Trinajstić information content (AvgIpc) is 3.67. The van der Waals surface area contributed by atoms with Crippen molar-refractivity contribution in [3.8, 4) is 0 Å². The van der Waals surface area contributed by atoms with Gasteiger partial charge in [-0.15, -0.1) is 0 Å². The number of hydrogen-bond acceptors (Lipinski definition) is 7. The van der Waals surface area contributed by atoms with Gasteiger partial charge in [-0.1, -0.05) is 24.3 Å². The van der Waals surface area contributed by atoms with E-state index in [4.69, 9.17) is 9.15 Å². The lowest BCUT2D eigenvalue weighted by Gasteiger charge is -2.33. The van der Waals surface area contributed by atoms with Crippen LogP contribution in [0.4, 0.5) is 20.5 Å². The van der Waals surface area contributed by atoms with Crippen molar-refractivity contribution in [1.82, 2.24) is 9.88 Å². The smallest absolute Gasteiger partial charge is 0.306 e. The molecule has 0 amide bonds. The summed E-state index contributed by atoms with van der Waals surface area (Å²) < 4.78 is 41.7. The summed E-state index contributed by atoms with van der Waals surface area (Å²) >= 11 is 0. The molecule has 2 fully saturated rings. The van der Waals surface area contributed by atoms with Crippen LogP contribution in [-0.2, 0) is 27.2 Å². The number of aromatic nitrogens is 1. The zero-order chi connectivity index (χ0) is 27.1. The molecule has 0 radical (unpaired) electrons. The Kier molecular flexibility index (Phi) is 7.07. The maximum absolute atomic E-state index is 15.6. The standard InChI is InChI=1S/C29H31F2N3O5/c30-20-12-13-33(16-20)27(38-21-8-5-18(6-9-21)28(36)37)24(35)15-19-7-10-22-26(25(19)31)39-29(32-22)34-14-11-17-3-1-2-4-23(17)34/h1-4,7,10,18,20-21,27H,5-6,8-9,11-16H2,(H,36,37)/t18?,20-,21?,27?/m0/s1. The van der Waals surface area contributed by atoms with Crippen molar-refractivity contribution in [3.05, 3.63) is 53.3 Å². The SMILES string of the molecule is O=C(O)C1CCC(OC(C(=O)Cc2ccc3nc(N4CCc5ccccc54)oc3c2F)N2CC[C@H](F)C2)CC1. The fourth-order valence-electron chi connectivity index (χ4n) is 6.00. The molecule has 1 saturated heterocycles. The van der Waals surface area contributed by atoms with Crippen molar-refractivity contribution in [1.29, 1.82) is 0 Å². The van der Waals surface area contributed by atoms with E-state index in [2.05, 4.69) is 4.98 Å². The zero-order valence-corrected chi connectivity index (χ0v) is 21.5. The lowest BCUT2D eigenvalue weighted by Crippen LogP contribution is -2.45. The minimum atomic E-state index is -1.05. The number of alkyl halides is 1. The van der Waals surface area contributed by atoms with Gasteiger partial charge >= 0.3 is 12.0 Å². The van der Waals surface area contributed by atoms with Gasteiger partial charge in [0.25, 0.3) is 0 Å². The Morgan fingerprint density at radius 1 is 1.10 bits per heavy atom. The number of fused-ring (bicyclic) bond motifs is 2. The van der Waals surface area contributed by atoms with E-state index in [0.717, 1.165) is 12.1 Å². The third-order valence-corrected chi connectivity index (χ3v) is 8.16. The van der Waals surface area contributed by atoms with Crippen LogP contribution in [0.5, 0.6) is 0 Å². The number of anilines is 2. The Morgan fingerprint density at radius 3 is 2.64 bits per heavy atom. The van der Waals surface area contributed by atoms with Crippen molar-refractivity contribution < 1.29 is 32.6 Å². The number of carbonyl (C=O) groups is 2. The summed E-state index contributed by atoms with van der Waals surface area (Å²) in [7, 11) is 0. The predicted molar refractivity (Wildman–Crippen MR) is 139 cm³/mol. The van der Waals surface area contributed by atoms with Crippen molar-refractivity contribution in [2.75, 3.05) is 24.5 Å². The summed E-state index contributed by atoms with van der Waals surface area (Å²) in [5, 5.41) is 9.27. The first kappa shape index (κ1) is 25.9. The van der Waals surface area contributed by atoms with E-state index in [1.165, 1.54) is 11.6 Å². The molecule has 2 aromatic carbocycles. The number of nitrogens with zero attached hydrogens (tertiary/aromatic N) is 3. The van der Waals surface area contributed by atoms with E-state index in [-0.39, 0.29) is 36.0 Å². The second-order valence-corrected chi connectivity index (χ2v) is 10.7. The molecule has 3 heterocycles. The number of carboxylic acids is 1. The highest BCUT2D eigenvalue weighted by Crippen LogP contribution is 2.36. The van der Waals surface area contributed by atoms with Gasteiger partial charge in [0, 0.05) is 31.7 Å². The molecule has 8 nitrogen and oxygen atoms in total. The summed E-state index contributed by atoms with van der Waals surface area (Å²) in [5.41, 5.74) is 2.68. The van der Waals surface area contributed by atoms with Crippen LogP contribution in [0.1, 0.15) is 43.2 Å². The van der Waals surface area contributed by atoms with Crippen LogP contribution in [0.2, 0.25) is 0 Å². The number of rotatable bonds is 8. The number of ether oxygens (including phenoxy) is 1. The molecule has 3 aromatic rings. The molecule has 0 bridgehead atoms. The average molecular weight is 540 g/mol. The molecular weight excluding hydrogens is 508 g/mol. The molecule has 10 heteroatoms. The first-order valence-electron chi connectivity index (χ1n) is 13.6. The summed E-state index contributed by atoms with van der Waals surface area (Å²) in [5.74, 6) is -2.24. The quantitative estimate of drug-likeness (QED) is 0.436. The van der Waals surface area contributed by atoms with Gasteiger partial charge in [-0.05, 0) is 61.8 Å². The summed E-state index contributed by atoms with van der Waals surface area (Å²) in [6.07, 6.45) is 0.477. The monoisotopic (exact) mass is 539 g/mol. The van der Waals surface area contributed by atoms with Gasteiger partial charge in [0.15, 0.2) is 23.4 Å². The normalized spacial score (nSPS) is 24.3. The Labute approximate surface area is 224 Å². The summed E-state index contributed by atoms with van der Waals surface area (Å²) in [4.78, 5) is 32.9. The lowest BCUT2D eigenvalue weighted by atomic mass is 9.87. The number of hydrogen-bond donors (Lipinski definition) is 1. The van der Waals surface area contributed by atoms with E-state index in [0.29, 0.717) is 56.7 Å². The van der Waals surface area contributed by atoms with Crippen molar-refractivity contribution in [2.24, 2.45) is 5.92 Å². The molecule has 1 saturated carbocycles. The molecule has 1 aliphatic carbocycles. The largest absolute Gasteiger partial charge is 0.481 e. The van der Waals surface area contributed by atoms with E-state index in [1.54, 1.807) is 11.0 Å². The Morgan fingerprint density at radius 2 is 1.90 bits per heavy atom. The molecule has 3 aliphatic rings. The molecule has 2 atom stereocenters. The van der Waals surface area contributed by atoms with Crippen LogP contribution in [0.25, 0.3) is 11.1 Å². The first-order chi connectivity index (χ1) is 18.9. The van der Waals surface area contributed by atoms with Gasteiger partial charge < -0.3 is 14.3 Å². The van der Waals surface area contributed by atoms with Gasteiger partial charge in [-0.2, -0.15) is 4.98 Å². The van der Waals surface area contributed by atoms with Crippen LogP contribution in [-0.4, -0.2) is 64.9 Å². The van der Waals surface area contributed by atoms with Gasteiger partial charge in [-0.3, -0.25) is 19.4 Å². The predicted octanol–water partition coefficient (Wildman–Crippen LogP) is 4.80. The fraction of sp³-hybridized carbons (Fsp3) is 0.483. The topological polar surface area (TPSA) is 96.1 Å². The van der Waals surface area contributed by atoms with Crippen LogP contribution < -0.4 is 4.90 Å². The molecule has 2 aliphatic heterocycles. The molecule has 206 valence electrons. The van der Waals surface area contributed by atoms with E-state index >= 15 is 4.39 Å². The lowest BCUT2D eigenvalue weighted by molar-refractivity contribution is -0.157. The van der Waals surface area contributed by atoms with Gasteiger partial charge in [-0.25, -0.2) is 8.78 Å². The number of ketones is 1. The number of halogens is 2. The van der Waals surface area contributed by atoms with Gasteiger partial charge in [0.05, 0.1) is 12.0 Å². The molecular formula is C29H31F2N3O5. The second kappa shape index (κ2) is 10.7. The highest BCUT2D eigenvalue weighted by atomic mass is 19.1. The minimum absolute atomic E-state index is 0.00543. The van der Waals surface area contributed by atoms with E-state index < -0.39 is 30.1 Å². The Hall–Kier alpha value is -3.37. The van der Waals surface area contributed by atoms with Crippen molar-refractivity contribution >= 4 is 34.6 Å². The third-order valence-electron chi connectivity index (χ3n) is 8.16. The second-order valence-electron chi connectivity index (χ2n) is 10.7. The first-order valence-corrected chi connectivity index (χ1v) is 13.6. The summed E-state index contributed by atoms with van der Waals surface area (Å²) in [6.45, 7) is 1.12. The zero-order valence-electron chi connectivity index (χ0n) is 21.5. The molecule has 6 rings (SSSR count). The number of likely N-dealkylation sites (tertiary alicyclic amines) is 1. The van der Waals surface area contributed by atoms with Crippen LogP contribution in [0.15, 0.2) is 40.8 Å². The van der Waals surface area contributed by atoms with E-state index in [1.807, 2.05) is 29.2 Å². The molecule has 1 unspecified atom stereocenters. The van der Waals surface area contributed by atoms with Crippen molar-refractivity contribution in [2.45, 2.75) is 63.4 Å². The number of benzene rings is 2. The number of aliphatic carboxylic acids is 1. The number of oxazole rings is 1. The van der Waals surface area contributed by atoms with E-state index in [9.17, 15) is 19.1 Å². The van der Waals surface area contributed by atoms with Crippen LogP contribution >= 0.6 is 0 Å². The highest BCUT2D eigenvalue weighted by molar-refractivity contribution is 5.86. The maximum atomic E-state index is 15.6. The Bertz CT molecular complexity index is 1390. The molecule has 39 heavy (non-hydrogen) atoms. The summed E-state index contributed by atoms with van der Waals surface area (Å²) in [6, 6.07) is 11.4. The fourth-order valence-corrected chi connectivity index (χ4v) is 6.00. The number of Topliss-reactive ketones (excluding diaryl/α,β-unsaturated/α-hetero) is 1. The van der Waals surface area contributed by atoms with Crippen LogP contribution in [0.3, 0.4) is 0 Å². The minimum Gasteiger partial charge on any atom is -0.481 e. The molecule has 1 aromatic heterocycles. The number of carbonyl (C=O) groups excluding carboxylic acids is 1. The molecule has 0 spiro atoms. The van der Waals surface area contributed by atoms with Crippen molar-refractivity contribution in [3.63, 3.8) is 0 Å². The highest BCUT2D eigenvalue weighted by Gasteiger charge is 2.37. The molecule has 1 N–H and O–H groups in total.